The lowest BCUT2D eigenvalue weighted by Gasteiger charge is -2.41. The topological polar surface area (TPSA) is 117 Å². The van der Waals surface area contributed by atoms with E-state index < -0.39 is 28.6 Å². The normalized spacial score (nSPS) is 16.8. The molecule has 1 aliphatic rings. The lowest BCUT2D eigenvalue weighted by Crippen LogP contribution is -2.42. The van der Waals surface area contributed by atoms with Crippen LogP contribution in [-0.4, -0.2) is 22.0 Å². The Hall–Kier alpha value is -2.45. The van der Waals surface area contributed by atoms with E-state index in [-0.39, 0.29) is 5.56 Å². The van der Waals surface area contributed by atoms with E-state index in [1.807, 2.05) is 27.7 Å². The Balaban J connectivity index is 2.38. The number of thiophene rings is 1. The smallest absolute Gasteiger partial charge is 0.268 e. The maximum absolute atomic E-state index is 13.3. The Labute approximate surface area is 180 Å². The SMILES string of the molecule is CCCCc1ccc(C(N)=O)c(=O)n1-c1sc2c(c1C(N)=O)CC(C)(C)OC2(C)C. The average molecular weight is 432 g/mol. The van der Waals surface area contributed by atoms with Crippen molar-refractivity contribution in [1.29, 1.82) is 0 Å². The van der Waals surface area contributed by atoms with Gasteiger partial charge in [0.1, 0.15) is 10.6 Å². The van der Waals surface area contributed by atoms with Crippen LogP contribution in [-0.2, 0) is 23.2 Å². The number of rotatable bonds is 6. The first-order valence-electron chi connectivity index (χ1n) is 10.1. The van der Waals surface area contributed by atoms with Crippen LogP contribution in [0.25, 0.3) is 5.00 Å². The Bertz CT molecular complexity index is 1080. The van der Waals surface area contributed by atoms with E-state index in [0.717, 1.165) is 23.3 Å². The zero-order valence-corrected chi connectivity index (χ0v) is 18.9. The molecule has 1 aliphatic heterocycles. The molecule has 2 aromatic heterocycles. The van der Waals surface area contributed by atoms with Crippen molar-refractivity contribution >= 4 is 23.2 Å². The van der Waals surface area contributed by atoms with Crippen LogP contribution >= 0.6 is 11.3 Å². The number of fused-ring (bicyclic) bond motifs is 1. The van der Waals surface area contributed by atoms with Gasteiger partial charge >= 0.3 is 0 Å². The van der Waals surface area contributed by atoms with Crippen LogP contribution in [0.15, 0.2) is 16.9 Å². The fraction of sp³-hybridized carbons (Fsp3) is 0.500. The fourth-order valence-corrected chi connectivity index (χ4v) is 5.65. The van der Waals surface area contributed by atoms with E-state index in [1.54, 1.807) is 6.07 Å². The summed E-state index contributed by atoms with van der Waals surface area (Å²) in [6, 6.07) is 3.19. The van der Waals surface area contributed by atoms with Crippen LogP contribution in [0, 0.1) is 0 Å². The van der Waals surface area contributed by atoms with Crippen molar-refractivity contribution in [2.45, 2.75) is 71.5 Å². The number of nitrogens with zero attached hydrogens (tertiary/aromatic N) is 1. The third-order valence-electron chi connectivity index (χ3n) is 5.33. The van der Waals surface area contributed by atoms with E-state index in [1.165, 1.54) is 22.0 Å². The molecule has 0 fully saturated rings. The van der Waals surface area contributed by atoms with Crippen LogP contribution < -0.4 is 17.0 Å². The van der Waals surface area contributed by atoms with Crippen LogP contribution in [0.2, 0.25) is 0 Å². The molecule has 0 atom stereocenters. The molecule has 162 valence electrons. The molecule has 0 bridgehead atoms. The number of amides is 2. The summed E-state index contributed by atoms with van der Waals surface area (Å²) in [4.78, 5) is 38.5. The number of carbonyl (C=O) groups is 2. The van der Waals surface area contributed by atoms with Gasteiger partial charge in [-0.3, -0.25) is 19.0 Å². The Kier molecular flexibility index (Phi) is 5.68. The summed E-state index contributed by atoms with van der Waals surface area (Å²) in [5.41, 5.74) is 11.3. The lowest BCUT2D eigenvalue weighted by molar-refractivity contribution is -0.135. The van der Waals surface area contributed by atoms with Gasteiger partial charge in [0.15, 0.2) is 0 Å². The minimum absolute atomic E-state index is 0.118. The van der Waals surface area contributed by atoms with Gasteiger partial charge in [0.25, 0.3) is 17.4 Å². The summed E-state index contributed by atoms with van der Waals surface area (Å²) in [7, 11) is 0. The van der Waals surface area contributed by atoms with Crippen molar-refractivity contribution in [2.75, 3.05) is 0 Å². The standard InChI is InChI=1S/C22H29N3O4S/c1-6-7-8-12-9-10-13(17(23)26)19(28)25(12)20-15(18(24)27)14-11-21(2,3)29-22(4,5)16(14)30-20/h9-10H,6-8,11H2,1-5H3,(H2,23,26)(H2,24,27). The van der Waals surface area contributed by atoms with Crippen molar-refractivity contribution in [3.63, 3.8) is 0 Å². The highest BCUT2D eigenvalue weighted by molar-refractivity contribution is 7.15. The average Bonchev–Trinajstić information content (AvgIpc) is 2.97. The Morgan fingerprint density at radius 3 is 2.40 bits per heavy atom. The van der Waals surface area contributed by atoms with E-state index in [4.69, 9.17) is 16.2 Å². The predicted molar refractivity (Wildman–Crippen MR) is 117 cm³/mol. The van der Waals surface area contributed by atoms with Crippen LogP contribution in [0.3, 0.4) is 0 Å². The molecule has 0 unspecified atom stereocenters. The third kappa shape index (κ3) is 3.81. The number of hydrogen-bond donors (Lipinski definition) is 2. The van der Waals surface area contributed by atoms with Crippen molar-refractivity contribution in [3.8, 4) is 5.00 Å². The number of pyridine rings is 1. The fourth-order valence-electron chi connectivity index (χ4n) is 4.26. The Morgan fingerprint density at radius 2 is 1.83 bits per heavy atom. The number of ether oxygens (including phenoxy) is 1. The van der Waals surface area contributed by atoms with Gasteiger partial charge in [-0.05, 0) is 58.2 Å². The number of nitrogens with two attached hydrogens (primary N) is 2. The largest absolute Gasteiger partial charge is 0.365 e. The molecule has 4 N–H and O–H groups in total. The van der Waals surface area contributed by atoms with Gasteiger partial charge in [-0.25, -0.2) is 0 Å². The minimum Gasteiger partial charge on any atom is -0.365 e. The predicted octanol–water partition coefficient (Wildman–Crippen LogP) is 3.03. The van der Waals surface area contributed by atoms with Gasteiger partial charge < -0.3 is 16.2 Å². The number of primary amides is 2. The van der Waals surface area contributed by atoms with Crippen LogP contribution in [0.1, 0.15) is 84.3 Å². The first-order chi connectivity index (χ1) is 13.9. The molecule has 7 nitrogen and oxygen atoms in total. The van der Waals surface area contributed by atoms with Gasteiger partial charge in [-0.1, -0.05) is 13.3 Å². The maximum Gasteiger partial charge on any atom is 0.268 e. The molecule has 30 heavy (non-hydrogen) atoms. The van der Waals surface area contributed by atoms with Gasteiger partial charge in [0.2, 0.25) is 0 Å². The molecule has 0 radical (unpaired) electrons. The first-order valence-corrected chi connectivity index (χ1v) is 10.9. The second-order valence-corrected chi connectivity index (χ2v) is 9.85. The molecule has 8 heteroatoms. The third-order valence-corrected chi connectivity index (χ3v) is 6.86. The van der Waals surface area contributed by atoms with E-state index in [0.29, 0.717) is 29.1 Å². The summed E-state index contributed by atoms with van der Waals surface area (Å²) in [5, 5.41) is 0.432. The highest BCUT2D eigenvalue weighted by Crippen LogP contribution is 2.47. The first kappa shape index (κ1) is 22.2. The van der Waals surface area contributed by atoms with E-state index in [9.17, 15) is 14.4 Å². The van der Waals surface area contributed by atoms with Crippen LogP contribution in [0.4, 0.5) is 0 Å². The van der Waals surface area contributed by atoms with Crippen molar-refractivity contribution in [1.82, 2.24) is 4.57 Å². The van der Waals surface area contributed by atoms with Gasteiger partial charge in [0, 0.05) is 17.0 Å². The summed E-state index contributed by atoms with van der Waals surface area (Å²) in [6.45, 7) is 9.87. The molecule has 2 amide bonds. The number of aryl methyl sites for hydroxylation is 1. The van der Waals surface area contributed by atoms with E-state index >= 15 is 0 Å². The molecule has 0 saturated carbocycles. The zero-order chi connectivity index (χ0) is 22.4. The summed E-state index contributed by atoms with van der Waals surface area (Å²) < 4.78 is 7.70. The molecule has 3 heterocycles. The lowest BCUT2D eigenvalue weighted by atomic mass is 9.86. The number of carbonyl (C=O) groups excluding carboxylic acids is 2. The number of aromatic nitrogens is 1. The molecule has 0 spiro atoms. The highest BCUT2D eigenvalue weighted by Gasteiger charge is 2.43. The summed E-state index contributed by atoms with van der Waals surface area (Å²) in [6.07, 6.45) is 2.91. The number of hydrogen-bond acceptors (Lipinski definition) is 5. The number of unbranched alkanes of at least 4 members (excludes halogenated alkanes) is 1. The maximum atomic E-state index is 13.3. The minimum atomic E-state index is -0.803. The van der Waals surface area contributed by atoms with Crippen LogP contribution in [0.5, 0.6) is 0 Å². The van der Waals surface area contributed by atoms with Crippen molar-refractivity contribution in [2.24, 2.45) is 11.5 Å². The van der Waals surface area contributed by atoms with Crippen molar-refractivity contribution in [3.05, 3.63) is 49.7 Å². The monoisotopic (exact) mass is 431 g/mol. The second kappa shape index (κ2) is 7.67. The van der Waals surface area contributed by atoms with E-state index in [2.05, 4.69) is 6.92 Å². The van der Waals surface area contributed by atoms with Gasteiger partial charge in [0.05, 0.1) is 16.8 Å². The van der Waals surface area contributed by atoms with Gasteiger partial charge in [-0.2, -0.15) is 0 Å². The summed E-state index contributed by atoms with van der Waals surface area (Å²) >= 11 is 1.32. The zero-order valence-electron chi connectivity index (χ0n) is 18.1. The molecule has 3 rings (SSSR count). The van der Waals surface area contributed by atoms with Gasteiger partial charge in [-0.15, -0.1) is 11.3 Å². The molecule has 0 aliphatic carbocycles. The Morgan fingerprint density at radius 1 is 1.17 bits per heavy atom. The second-order valence-electron chi connectivity index (χ2n) is 8.85. The molecule has 0 saturated heterocycles. The molecular formula is C22H29N3O4S. The molecule has 0 aromatic carbocycles. The van der Waals surface area contributed by atoms with Crippen molar-refractivity contribution < 1.29 is 14.3 Å². The highest BCUT2D eigenvalue weighted by atomic mass is 32.1. The molecule has 2 aromatic rings. The quantitative estimate of drug-likeness (QED) is 0.731. The summed E-state index contributed by atoms with van der Waals surface area (Å²) in [5.74, 6) is -1.41. The molecular weight excluding hydrogens is 402 g/mol.